The lowest BCUT2D eigenvalue weighted by molar-refractivity contribution is 0.0103. The molecule has 0 spiro atoms. The summed E-state index contributed by atoms with van der Waals surface area (Å²) in [6.45, 7) is 6.59. The molecule has 0 aromatic heterocycles. The van der Waals surface area contributed by atoms with Crippen molar-refractivity contribution in [2.24, 2.45) is 0 Å². The first-order valence-corrected chi connectivity index (χ1v) is 7.24. The van der Waals surface area contributed by atoms with E-state index < -0.39 is 18.2 Å². The normalized spacial score (nSPS) is 11.6. The van der Waals surface area contributed by atoms with Crippen LogP contribution < -0.4 is 0 Å². The highest BCUT2D eigenvalue weighted by atomic mass is 35.5. The van der Waals surface area contributed by atoms with Gasteiger partial charge in [0.25, 0.3) is 0 Å². The molecule has 0 aliphatic rings. The van der Waals surface area contributed by atoms with Crippen molar-refractivity contribution < 1.29 is 19.1 Å². The van der Waals surface area contributed by atoms with Gasteiger partial charge in [0.05, 0.1) is 5.56 Å². The first kappa shape index (κ1) is 17.3. The quantitative estimate of drug-likeness (QED) is 0.756. The second-order valence-corrected chi connectivity index (χ2v) is 4.91. The zero-order valence-electron chi connectivity index (χ0n) is 12.5. The van der Waals surface area contributed by atoms with Crippen LogP contribution in [-0.2, 0) is 9.47 Å². The van der Waals surface area contributed by atoms with Crippen molar-refractivity contribution in [2.45, 2.75) is 26.9 Å². The maximum absolute atomic E-state index is 11.8. The largest absolute Gasteiger partial charge is 0.455 e. The summed E-state index contributed by atoms with van der Waals surface area (Å²) in [6.07, 6.45) is -0.929. The Bertz CT molecular complexity index is 471. The average molecular weight is 314 g/mol. The van der Waals surface area contributed by atoms with Crippen molar-refractivity contribution in [3.8, 4) is 0 Å². The lowest BCUT2D eigenvalue weighted by Gasteiger charge is -2.20. The van der Waals surface area contributed by atoms with Crippen LogP contribution in [0, 0.1) is 0 Å². The maximum Gasteiger partial charge on any atom is 0.409 e. The Morgan fingerprint density at radius 2 is 1.76 bits per heavy atom. The Labute approximate surface area is 129 Å². The average Bonchev–Trinajstić information content (AvgIpc) is 2.47. The van der Waals surface area contributed by atoms with E-state index in [1.165, 1.54) is 0 Å². The number of carbonyl (C=O) groups excluding carboxylic acids is 2. The first-order valence-electron chi connectivity index (χ1n) is 6.86. The summed E-state index contributed by atoms with van der Waals surface area (Å²) in [7, 11) is 0. The Morgan fingerprint density at radius 1 is 1.19 bits per heavy atom. The van der Waals surface area contributed by atoms with Crippen molar-refractivity contribution >= 4 is 23.7 Å². The molecule has 1 atom stereocenters. The predicted molar refractivity (Wildman–Crippen MR) is 80.6 cm³/mol. The van der Waals surface area contributed by atoms with Gasteiger partial charge in [0.15, 0.2) is 0 Å². The van der Waals surface area contributed by atoms with Crippen molar-refractivity contribution in [2.75, 3.05) is 19.7 Å². The highest BCUT2D eigenvalue weighted by molar-refractivity contribution is 6.30. The molecule has 5 nitrogen and oxygen atoms in total. The number of halogens is 1. The topological polar surface area (TPSA) is 55.8 Å². The van der Waals surface area contributed by atoms with Gasteiger partial charge >= 0.3 is 12.1 Å². The number of amides is 1. The van der Waals surface area contributed by atoms with Crippen LogP contribution in [0.15, 0.2) is 24.3 Å². The maximum atomic E-state index is 11.8. The fraction of sp³-hybridized carbons (Fsp3) is 0.467. The number of esters is 1. The number of ether oxygens (including phenoxy) is 2. The zero-order chi connectivity index (χ0) is 15.8. The van der Waals surface area contributed by atoms with Crippen molar-refractivity contribution in [1.82, 2.24) is 4.90 Å². The predicted octanol–water partition coefficient (Wildman–Crippen LogP) is 3.36. The van der Waals surface area contributed by atoms with Gasteiger partial charge in [-0.2, -0.15) is 0 Å². The molecule has 0 saturated heterocycles. The lowest BCUT2D eigenvalue weighted by Crippen LogP contribution is -2.33. The van der Waals surface area contributed by atoms with Crippen molar-refractivity contribution in [1.29, 1.82) is 0 Å². The second kappa shape index (κ2) is 8.52. The van der Waals surface area contributed by atoms with Crippen LogP contribution in [0.5, 0.6) is 0 Å². The molecule has 1 aromatic carbocycles. The van der Waals surface area contributed by atoms with E-state index in [1.807, 2.05) is 13.8 Å². The Hall–Kier alpha value is -1.75. The molecule has 1 amide bonds. The minimum Gasteiger partial charge on any atom is -0.455 e. The molecule has 0 bridgehead atoms. The van der Waals surface area contributed by atoms with Crippen LogP contribution in [0.2, 0.25) is 5.02 Å². The summed E-state index contributed by atoms with van der Waals surface area (Å²) in [5.41, 5.74) is 0.404. The number of benzene rings is 1. The van der Waals surface area contributed by atoms with Crippen LogP contribution in [-0.4, -0.2) is 42.8 Å². The smallest absolute Gasteiger partial charge is 0.409 e. The fourth-order valence-electron chi connectivity index (χ4n) is 1.63. The van der Waals surface area contributed by atoms with E-state index in [9.17, 15) is 9.59 Å². The van der Waals surface area contributed by atoms with Gasteiger partial charge in [0.1, 0.15) is 12.7 Å². The molecule has 0 radical (unpaired) electrons. The van der Waals surface area contributed by atoms with Gasteiger partial charge in [0.2, 0.25) is 0 Å². The monoisotopic (exact) mass is 313 g/mol. The first-order chi connectivity index (χ1) is 9.97. The van der Waals surface area contributed by atoms with E-state index in [1.54, 1.807) is 36.1 Å². The van der Waals surface area contributed by atoms with Gasteiger partial charge in [-0.25, -0.2) is 9.59 Å². The summed E-state index contributed by atoms with van der Waals surface area (Å²) in [6, 6.07) is 6.39. The molecule has 6 heteroatoms. The summed E-state index contributed by atoms with van der Waals surface area (Å²) in [5, 5.41) is 0.549. The Morgan fingerprint density at radius 3 is 2.29 bits per heavy atom. The van der Waals surface area contributed by atoms with Gasteiger partial charge < -0.3 is 14.4 Å². The van der Waals surface area contributed by atoms with E-state index in [-0.39, 0.29) is 6.61 Å². The lowest BCUT2D eigenvalue weighted by atomic mass is 10.2. The molecule has 0 aliphatic heterocycles. The Kier molecular flexibility index (Phi) is 7.02. The third kappa shape index (κ3) is 5.63. The highest BCUT2D eigenvalue weighted by Gasteiger charge is 2.16. The number of hydrogen-bond donors (Lipinski definition) is 0. The van der Waals surface area contributed by atoms with Gasteiger partial charge in [-0.05, 0) is 45.0 Å². The van der Waals surface area contributed by atoms with Crippen LogP contribution in [0.4, 0.5) is 4.79 Å². The standard InChI is InChI=1S/C15H20ClNO4/c1-4-17(5-2)15(19)20-10-11(3)21-14(18)12-6-8-13(16)9-7-12/h6-9,11H,4-5,10H2,1-3H3. The van der Waals surface area contributed by atoms with Crippen molar-refractivity contribution in [3.63, 3.8) is 0 Å². The third-order valence-corrected chi connectivity index (χ3v) is 3.10. The fourth-order valence-corrected chi connectivity index (χ4v) is 1.76. The number of nitrogens with zero attached hydrogens (tertiary/aromatic N) is 1. The summed E-state index contributed by atoms with van der Waals surface area (Å²) < 4.78 is 10.3. The second-order valence-electron chi connectivity index (χ2n) is 4.47. The summed E-state index contributed by atoms with van der Waals surface area (Å²) in [5.74, 6) is -0.474. The molecule has 0 fully saturated rings. The van der Waals surface area contributed by atoms with Gasteiger partial charge in [-0.15, -0.1) is 0 Å². The van der Waals surface area contributed by atoms with E-state index in [4.69, 9.17) is 21.1 Å². The SMILES string of the molecule is CCN(CC)C(=O)OCC(C)OC(=O)c1ccc(Cl)cc1. The molecule has 21 heavy (non-hydrogen) atoms. The van der Waals surface area contributed by atoms with Crippen LogP contribution in [0.25, 0.3) is 0 Å². The molecule has 1 unspecified atom stereocenters. The molecule has 0 saturated carbocycles. The molecule has 0 heterocycles. The number of rotatable bonds is 6. The minimum atomic E-state index is -0.521. The van der Waals surface area contributed by atoms with Gasteiger partial charge in [-0.1, -0.05) is 11.6 Å². The Balaban J connectivity index is 2.43. The van der Waals surface area contributed by atoms with Crippen LogP contribution in [0.1, 0.15) is 31.1 Å². The summed E-state index contributed by atoms with van der Waals surface area (Å²) in [4.78, 5) is 25.0. The van der Waals surface area contributed by atoms with E-state index in [0.29, 0.717) is 23.7 Å². The van der Waals surface area contributed by atoms with E-state index >= 15 is 0 Å². The molecular weight excluding hydrogens is 294 g/mol. The highest BCUT2D eigenvalue weighted by Crippen LogP contribution is 2.11. The molecular formula is C15H20ClNO4. The molecule has 1 aromatic rings. The van der Waals surface area contributed by atoms with E-state index in [2.05, 4.69) is 0 Å². The third-order valence-electron chi connectivity index (χ3n) is 2.85. The van der Waals surface area contributed by atoms with Crippen LogP contribution >= 0.6 is 11.6 Å². The van der Waals surface area contributed by atoms with Gasteiger partial charge in [-0.3, -0.25) is 0 Å². The molecule has 116 valence electrons. The molecule has 1 rings (SSSR count). The van der Waals surface area contributed by atoms with Crippen LogP contribution in [0.3, 0.4) is 0 Å². The molecule has 0 N–H and O–H groups in total. The number of hydrogen-bond acceptors (Lipinski definition) is 4. The zero-order valence-corrected chi connectivity index (χ0v) is 13.2. The minimum absolute atomic E-state index is 0.0225. The summed E-state index contributed by atoms with van der Waals surface area (Å²) >= 11 is 5.75. The van der Waals surface area contributed by atoms with Gasteiger partial charge in [0, 0.05) is 18.1 Å². The molecule has 0 aliphatic carbocycles. The van der Waals surface area contributed by atoms with Crippen molar-refractivity contribution in [3.05, 3.63) is 34.9 Å². The van der Waals surface area contributed by atoms with E-state index in [0.717, 1.165) is 0 Å². The number of carbonyl (C=O) groups is 2.